The first-order chi connectivity index (χ1) is 9.81. The maximum Gasteiger partial charge on any atom is 0.335 e. The zero-order chi connectivity index (χ0) is 15.6. The lowest BCUT2D eigenvalue weighted by atomic mass is 10.2. The first kappa shape index (κ1) is 15.6. The standard InChI is InChI=1S/C13H12FNO4S2/c1-8(11-3-2-6-20-11)15-21(18,19)12-7-9(13(16)17)4-5-10(12)14/h2-8,15H,1H3,(H,16,17). The number of nitrogens with one attached hydrogen (secondary N) is 1. The van der Waals surface area contributed by atoms with Crippen LogP contribution < -0.4 is 4.72 Å². The number of halogens is 1. The van der Waals surface area contributed by atoms with Gasteiger partial charge in [0.05, 0.1) is 11.6 Å². The second-order valence-electron chi connectivity index (χ2n) is 4.31. The van der Waals surface area contributed by atoms with Crippen LogP contribution in [0, 0.1) is 5.82 Å². The van der Waals surface area contributed by atoms with Gasteiger partial charge in [0.2, 0.25) is 10.0 Å². The number of rotatable bonds is 5. The summed E-state index contributed by atoms with van der Waals surface area (Å²) in [6.07, 6.45) is 0. The van der Waals surface area contributed by atoms with Crippen LogP contribution in [0.4, 0.5) is 4.39 Å². The molecule has 112 valence electrons. The Morgan fingerprint density at radius 1 is 1.38 bits per heavy atom. The highest BCUT2D eigenvalue weighted by atomic mass is 32.2. The summed E-state index contributed by atoms with van der Waals surface area (Å²) in [5.74, 6) is -2.32. The molecule has 0 fully saturated rings. The van der Waals surface area contributed by atoms with Gasteiger partial charge in [0, 0.05) is 4.88 Å². The Morgan fingerprint density at radius 3 is 2.67 bits per heavy atom. The number of carboxylic acids is 1. The summed E-state index contributed by atoms with van der Waals surface area (Å²) in [5.41, 5.74) is -0.291. The van der Waals surface area contributed by atoms with Gasteiger partial charge in [-0.1, -0.05) is 6.07 Å². The molecule has 0 radical (unpaired) electrons. The van der Waals surface area contributed by atoms with Crippen molar-refractivity contribution in [3.8, 4) is 0 Å². The van der Waals surface area contributed by atoms with E-state index in [2.05, 4.69) is 4.72 Å². The maximum atomic E-state index is 13.7. The van der Waals surface area contributed by atoms with Gasteiger partial charge in [-0.05, 0) is 36.6 Å². The van der Waals surface area contributed by atoms with Crippen molar-refractivity contribution in [3.05, 3.63) is 52.0 Å². The van der Waals surface area contributed by atoms with E-state index >= 15 is 0 Å². The molecular weight excluding hydrogens is 317 g/mol. The van der Waals surface area contributed by atoms with Crippen molar-refractivity contribution in [3.63, 3.8) is 0 Å². The summed E-state index contributed by atoms with van der Waals surface area (Å²) in [5, 5.41) is 10.7. The molecule has 2 N–H and O–H groups in total. The largest absolute Gasteiger partial charge is 0.478 e. The molecular formula is C13H12FNO4S2. The van der Waals surface area contributed by atoms with Crippen LogP contribution >= 0.6 is 11.3 Å². The number of carboxylic acid groups (broad SMARTS) is 1. The van der Waals surface area contributed by atoms with E-state index < -0.39 is 32.7 Å². The Labute approximate surface area is 125 Å². The van der Waals surface area contributed by atoms with Gasteiger partial charge < -0.3 is 5.11 Å². The van der Waals surface area contributed by atoms with Gasteiger partial charge in [-0.2, -0.15) is 0 Å². The van der Waals surface area contributed by atoms with Crippen LogP contribution in [-0.2, 0) is 10.0 Å². The van der Waals surface area contributed by atoms with E-state index in [-0.39, 0.29) is 5.56 Å². The molecule has 1 heterocycles. The van der Waals surface area contributed by atoms with Crippen molar-refractivity contribution >= 4 is 27.3 Å². The predicted molar refractivity (Wildman–Crippen MR) is 76.4 cm³/mol. The summed E-state index contributed by atoms with van der Waals surface area (Å²) in [7, 11) is -4.15. The van der Waals surface area contributed by atoms with Crippen LogP contribution in [0.3, 0.4) is 0 Å². The van der Waals surface area contributed by atoms with Crippen LogP contribution in [0.25, 0.3) is 0 Å². The number of hydrogen-bond donors (Lipinski definition) is 2. The quantitative estimate of drug-likeness (QED) is 0.883. The summed E-state index contributed by atoms with van der Waals surface area (Å²) in [6, 6.07) is 5.63. The minimum Gasteiger partial charge on any atom is -0.478 e. The highest BCUT2D eigenvalue weighted by Crippen LogP contribution is 2.23. The Kier molecular flexibility index (Phi) is 4.40. The Morgan fingerprint density at radius 2 is 2.10 bits per heavy atom. The van der Waals surface area contributed by atoms with Crippen LogP contribution in [0.2, 0.25) is 0 Å². The van der Waals surface area contributed by atoms with Gasteiger partial charge in [0.25, 0.3) is 0 Å². The third-order valence-corrected chi connectivity index (χ3v) is 5.38. The first-order valence-electron chi connectivity index (χ1n) is 5.90. The lowest BCUT2D eigenvalue weighted by Gasteiger charge is -2.13. The van der Waals surface area contributed by atoms with Gasteiger partial charge in [0.15, 0.2) is 0 Å². The average molecular weight is 329 g/mol. The number of aromatic carboxylic acids is 1. The van der Waals surface area contributed by atoms with Crippen molar-refractivity contribution in [1.82, 2.24) is 4.72 Å². The molecule has 0 aliphatic rings. The van der Waals surface area contributed by atoms with Crippen LogP contribution in [0.1, 0.15) is 28.2 Å². The second kappa shape index (κ2) is 5.92. The molecule has 21 heavy (non-hydrogen) atoms. The Bertz CT molecular complexity index is 756. The third-order valence-electron chi connectivity index (χ3n) is 2.77. The highest BCUT2D eigenvalue weighted by molar-refractivity contribution is 7.89. The van der Waals surface area contributed by atoms with E-state index in [1.165, 1.54) is 11.3 Å². The van der Waals surface area contributed by atoms with E-state index in [4.69, 9.17) is 5.11 Å². The van der Waals surface area contributed by atoms with Crippen molar-refractivity contribution in [2.24, 2.45) is 0 Å². The number of hydrogen-bond acceptors (Lipinski definition) is 4. The molecule has 8 heteroatoms. The summed E-state index contributed by atoms with van der Waals surface area (Å²) < 4.78 is 40.4. The normalized spacial score (nSPS) is 13.0. The molecule has 0 bridgehead atoms. The zero-order valence-electron chi connectivity index (χ0n) is 10.9. The molecule has 0 saturated heterocycles. The second-order valence-corrected chi connectivity index (χ2v) is 6.97. The molecule has 0 saturated carbocycles. The number of thiophene rings is 1. The molecule has 0 amide bonds. The fourth-order valence-corrected chi connectivity index (χ4v) is 3.87. The van der Waals surface area contributed by atoms with Gasteiger partial charge >= 0.3 is 5.97 Å². The maximum absolute atomic E-state index is 13.7. The van der Waals surface area contributed by atoms with Crippen LogP contribution in [0.5, 0.6) is 0 Å². The summed E-state index contributed by atoms with van der Waals surface area (Å²) in [6.45, 7) is 1.63. The van der Waals surface area contributed by atoms with Crippen molar-refractivity contribution in [2.45, 2.75) is 17.9 Å². The van der Waals surface area contributed by atoms with Crippen molar-refractivity contribution in [1.29, 1.82) is 0 Å². The van der Waals surface area contributed by atoms with Gasteiger partial charge in [-0.15, -0.1) is 11.3 Å². The molecule has 5 nitrogen and oxygen atoms in total. The molecule has 2 rings (SSSR count). The lowest BCUT2D eigenvalue weighted by molar-refractivity contribution is 0.0696. The van der Waals surface area contributed by atoms with Crippen molar-refractivity contribution in [2.75, 3.05) is 0 Å². The molecule has 1 aromatic carbocycles. The molecule has 0 aliphatic heterocycles. The predicted octanol–water partition coefficient (Wildman–Crippen LogP) is 2.62. The van der Waals surface area contributed by atoms with Gasteiger partial charge in [-0.3, -0.25) is 0 Å². The molecule has 1 aromatic heterocycles. The zero-order valence-corrected chi connectivity index (χ0v) is 12.5. The molecule has 0 aliphatic carbocycles. The molecule has 1 unspecified atom stereocenters. The van der Waals surface area contributed by atoms with Gasteiger partial charge in [-0.25, -0.2) is 22.3 Å². The highest BCUT2D eigenvalue weighted by Gasteiger charge is 2.23. The molecule has 1 atom stereocenters. The number of sulfonamides is 1. The Hall–Kier alpha value is -1.77. The SMILES string of the molecule is CC(NS(=O)(=O)c1cc(C(=O)O)ccc1F)c1cccs1. The smallest absolute Gasteiger partial charge is 0.335 e. The Balaban J connectivity index is 2.35. The lowest BCUT2D eigenvalue weighted by Crippen LogP contribution is -2.27. The number of carbonyl (C=O) groups is 1. The van der Waals surface area contributed by atoms with Crippen LogP contribution in [-0.4, -0.2) is 19.5 Å². The minimum absolute atomic E-state index is 0.291. The topological polar surface area (TPSA) is 83.5 Å². The first-order valence-corrected chi connectivity index (χ1v) is 8.26. The monoisotopic (exact) mass is 329 g/mol. The van der Waals surface area contributed by atoms with E-state index in [1.54, 1.807) is 24.4 Å². The van der Waals surface area contributed by atoms with Crippen molar-refractivity contribution < 1.29 is 22.7 Å². The van der Waals surface area contributed by atoms with Gasteiger partial charge in [0.1, 0.15) is 10.7 Å². The van der Waals surface area contributed by atoms with E-state index in [1.807, 2.05) is 0 Å². The number of benzene rings is 1. The van der Waals surface area contributed by atoms with E-state index in [9.17, 15) is 17.6 Å². The summed E-state index contributed by atoms with van der Waals surface area (Å²) >= 11 is 1.36. The van der Waals surface area contributed by atoms with E-state index in [0.717, 1.165) is 23.1 Å². The minimum atomic E-state index is -4.15. The summed E-state index contributed by atoms with van der Waals surface area (Å²) in [4.78, 5) is 11.0. The fourth-order valence-electron chi connectivity index (χ4n) is 1.73. The van der Waals surface area contributed by atoms with Crippen LogP contribution in [0.15, 0.2) is 40.6 Å². The molecule has 2 aromatic rings. The third kappa shape index (κ3) is 3.46. The fraction of sp³-hybridized carbons (Fsp3) is 0.154. The average Bonchev–Trinajstić information content (AvgIpc) is 2.92. The molecule has 0 spiro atoms. The van der Waals surface area contributed by atoms with E-state index in [0.29, 0.717) is 0 Å².